The number of nitrogens with two attached hydrogens (primary N) is 1. The van der Waals surface area contributed by atoms with Crippen molar-refractivity contribution in [2.45, 2.75) is 32.7 Å². The Morgan fingerprint density at radius 3 is 2.72 bits per heavy atom. The second-order valence-corrected chi connectivity index (χ2v) is 7.16. The van der Waals surface area contributed by atoms with Gasteiger partial charge in [-0.2, -0.15) is 0 Å². The molecule has 0 aliphatic heterocycles. The normalized spacial score (nSPS) is 11.5. The fourth-order valence-corrected chi connectivity index (χ4v) is 3.37. The number of hydrogen-bond donors (Lipinski definition) is 3. The van der Waals surface area contributed by atoms with Crippen molar-refractivity contribution in [3.8, 4) is 17.0 Å². The highest BCUT2D eigenvalue weighted by Crippen LogP contribution is 2.31. The zero-order valence-electron chi connectivity index (χ0n) is 18.6. The Morgan fingerprint density at radius 1 is 1.19 bits per heavy atom. The van der Waals surface area contributed by atoms with Crippen molar-refractivity contribution < 1.29 is 9.53 Å². The molecule has 0 spiro atoms. The summed E-state index contributed by atoms with van der Waals surface area (Å²) in [5, 5.41) is 7.10. The average molecular weight is 436 g/mol. The molecule has 0 saturated carbocycles. The standard InChI is InChI=1S/C23H29N7O2/c1-4-7-20(17-8-6-11-25-13-17)30(24)22-15-26-14-19(28-22)16-9-10-18(21(12-16)32-3)29-23(31)27-5-2/h6,8-15,20H,4-5,7,24H2,1-3H3,(H2,27,29,31). The van der Waals surface area contributed by atoms with Crippen LogP contribution in [0.2, 0.25) is 0 Å². The van der Waals surface area contributed by atoms with Gasteiger partial charge in [0, 0.05) is 24.5 Å². The van der Waals surface area contributed by atoms with Crippen molar-refractivity contribution in [1.82, 2.24) is 20.3 Å². The Labute approximate surface area is 188 Å². The minimum absolute atomic E-state index is 0.0727. The number of hydrogen-bond acceptors (Lipinski definition) is 7. The van der Waals surface area contributed by atoms with Crippen LogP contribution in [-0.4, -0.2) is 34.6 Å². The molecule has 1 aromatic carbocycles. The van der Waals surface area contributed by atoms with Crippen molar-refractivity contribution >= 4 is 17.5 Å². The highest BCUT2D eigenvalue weighted by atomic mass is 16.5. The molecule has 0 fully saturated rings. The number of hydrazine groups is 1. The Hall–Kier alpha value is -3.72. The van der Waals surface area contributed by atoms with Gasteiger partial charge in [-0.1, -0.05) is 25.5 Å². The molecular formula is C23H29N7O2. The Morgan fingerprint density at radius 2 is 2.03 bits per heavy atom. The van der Waals surface area contributed by atoms with Gasteiger partial charge >= 0.3 is 6.03 Å². The van der Waals surface area contributed by atoms with Crippen molar-refractivity contribution in [3.63, 3.8) is 0 Å². The molecular weight excluding hydrogens is 406 g/mol. The first kappa shape index (κ1) is 23.0. The average Bonchev–Trinajstić information content (AvgIpc) is 2.83. The number of carbonyl (C=O) groups is 1. The van der Waals surface area contributed by atoms with Crippen LogP contribution in [0.5, 0.6) is 5.75 Å². The first-order valence-corrected chi connectivity index (χ1v) is 10.6. The molecule has 2 heterocycles. The number of aromatic nitrogens is 3. The summed E-state index contributed by atoms with van der Waals surface area (Å²) in [5.74, 6) is 7.56. The van der Waals surface area contributed by atoms with Crippen molar-refractivity contribution in [3.05, 3.63) is 60.7 Å². The first-order valence-electron chi connectivity index (χ1n) is 10.6. The van der Waals surface area contributed by atoms with E-state index < -0.39 is 0 Å². The summed E-state index contributed by atoms with van der Waals surface area (Å²) in [6.07, 6.45) is 8.68. The molecule has 0 bridgehead atoms. The van der Waals surface area contributed by atoms with E-state index in [2.05, 4.69) is 27.5 Å². The lowest BCUT2D eigenvalue weighted by atomic mass is 10.0. The Kier molecular flexibility index (Phi) is 7.93. The lowest BCUT2D eigenvalue weighted by molar-refractivity contribution is 0.252. The zero-order valence-corrected chi connectivity index (χ0v) is 18.6. The van der Waals surface area contributed by atoms with Gasteiger partial charge in [0.15, 0.2) is 5.82 Å². The Bertz CT molecular complexity index is 1030. The van der Waals surface area contributed by atoms with Gasteiger partial charge in [-0.05, 0) is 37.1 Å². The number of urea groups is 1. The number of rotatable bonds is 9. The Balaban J connectivity index is 1.88. The molecule has 3 aromatic rings. The van der Waals surface area contributed by atoms with Gasteiger partial charge in [-0.15, -0.1) is 0 Å². The molecule has 9 nitrogen and oxygen atoms in total. The van der Waals surface area contributed by atoms with E-state index in [9.17, 15) is 4.79 Å². The summed E-state index contributed by atoms with van der Waals surface area (Å²) in [6, 6.07) is 8.97. The van der Waals surface area contributed by atoms with Crippen LogP contribution in [0.3, 0.4) is 0 Å². The topological polar surface area (TPSA) is 118 Å². The zero-order chi connectivity index (χ0) is 22.9. The van der Waals surface area contributed by atoms with Crippen LogP contribution in [-0.2, 0) is 0 Å². The smallest absolute Gasteiger partial charge is 0.319 e. The third kappa shape index (κ3) is 5.50. The highest BCUT2D eigenvalue weighted by molar-refractivity contribution is 5.91. The molecule has 1 atom stereocenters. The molecule has 2 amide bonds. The second kappa shape index (κ2) is 11.1. The number of ether oxygens (including phenoxy) is 1. The predicted molar refractivity (Wildman–Crippen MR) is 125 cm³/mol. The van der Waals surface area contributed by atoms with Crippen LogP contribution in [0.25, 0.3) is 11.3 Å². The van der Waals surface area contributed by atoms with Gasteiger partial charge in [0.1, 0.15) is 5.75 Å². The number of nitrogens with one attached hydrogen (secondary N) is 2. The molecule has 9 heteroatoms. The second-order valence-electron chi connectivity index (χ2n) is 7.16. The SMILES string of the molecule is CCCC(c1cccnc1)N(N)c1cncc(-c2ccc(NC(=O)NCC)c(OC)c2)n1. The minimum Gasteiger partial charge on any atom is -0.495 e. The summed E-state index contributed by atoms with van der Waals surface area (Å²) in [7, 11) is 1.55. The van der Waals surface area contributed by atoms with Gasteiger partial charge < -0.3 is 15.4 Å². The van der Waals surface area contributed by atoms with E-state index >= 15 is 0 Å². The van der Waals surface area contributed by atoms with E-state index in [1.54, 1.807) is 42.8 Å². The summed E-state index contributed by atoms with van der Waals surface area (Å²) >= 11 is 0. The molecule has 4 N–H and O–H groups in total. The summed E-state index contributed by atoms with van der Waals surface area (Å²) in [6.45, 7) is 4.50. The lowest BCUT2D eigenvalue weighted by Gasteiger charge is -2.28. The molecule has 2 aromatic heterocycles. The van der Waals surface area contributed by atoms with E-state index in [0.717, 1.165) is 24.0 Å². The van der Waals surface area contributed by atoms with Gasteiger partial charge in [0.25, 0.3) is 0 Å². The van der Waals surface area contributed by atoms with E-state index in [1.165, 1.54) is 0 Å². The van der Waals surface area contributed by atoms with Gasteiger partial charge in [0.2, 0.25) is 0 Å². The van der Waals surface area contributed by atoms with Gasteiger partial charge in [0.05, 0.1) is 36.9 Å². The first-order chi connectivity index (χ1) is 15.6. The van der Waals surface area contributed by atoms with E-state index in [4.69, 9.17) is 15.6 Å². The number of nitrogens with zero attached hydrogens (tertiary/aromatic N) is 4. The van der Waals surface area contributed by atoms with E-state index in [0.29, 0.717) is 29.5 Å². The van der Waals surface area contributed by atoms with Crippen LogP contribution >= 0.6 is 0 Å². The summed E-state index contributed by atoms with van der Waals surface area (Å²) in [5.41, 5.74) is 3.01. The number of methoxy groups -OCH3 is 1. The van der Waals surface area contributed by atoms with Crippen LogP contribution in [0.15, 0.2) is 55.1 Å². The minimum atomic E-state index is -0.295. The number of amides is 2. The lowest BCUT2D eigenvalue weighted by Crippen LogP contribution is -2.36. The molecule has 168 valence electrons. The molecule has 32 heavy (non-hydrogen) atoms. The van der Waals surface area contributed by atoms with E-state index in [1.807, 2.05) is 31.3 Å². The molecule has 0 aliphatic carbocycles. The number of anilines is 2. The third-order valence-corrected chi connectivity index (χ3v) is 4.94. The quantitative estimate of drug-likeness (QED) is 0.344. The summed E-state index contributed by atoms with van der Waals surface area (Å²) in [4.78, 5) is 25.2. The van der Waals surface area contributed by atoms with Crippen LogP contribution in [0, 0.1) is 0 Å². The fraction of sp³-hybridized carbons (Fsp3) is 0.304. The largest absolute Gasteiger partial charge is 0.495 e. The van der Waals surface area contributed by atoms with E-state index in [-0.39, 0.29) is 12.1 Å². The van der Waals surface area contributed by atoms with Crippen LogP contribution < -0.4 is 26.2 Å². The highest BCUT2D eigenvalue weighted by Gasteiger charge is 2.20. The maximum Gasteiger partial charge on any atom is 0.319 e. The predicted octanol–water partition coefficient (Wildman–Crippen LogP) is 3.91. The van der Waals surface area contributed by atoms with Crippen LogP contribution in [0.4, 0.5) is 16.3 Å². The summed E-state index contributed by atoms with van der Waals surface area (Å²) < 4.78 is 5.46. The maximum absolute atomic E-state index is 11.9. The third-order valence-electron chi connectivity index (χ3n) is 4.94. The number of carbonyl (C=O) groups excluding carboxylic acids is 1. The van der Waals surface area contributed by atoms with Crippen LogP contribution in [0.1, 0.15) is 38.3 Å². The maximum atomic E-state index is 11.9. The molecule has 0 saturated heterocycles. The molecule has 3 rings (SSSR count). The fourth-order valence-electron chi connectivity index (χ4n) is 3.37. The molecule has 1 unspecified atom stereocenters. The van der Waals surface area contributed by atoms with Crippen molar-refractivity contribution in [1.29, 1.82) is 0 Å². The number of benzene rings is 1. The molecule has 0 aliphatic rings. The number of pyridine rings is 1. The monoisotopic (exact) mass is 435 g/mol. The van der Waals surface area contributed by atoms with Crippen molar-refractivity contribution in [2.24, 2.45) is 5.84 Å². The van der Waals surface area contributed by atoms with Gasteiger partial charge in [-0.3, -0.25) is 15.0 Å². The molecule has 0 radical (unpaired) electrons. The van der Waals surface area contributed by atoms with Gasteiger partial charge in [-0.25, -0.2) is 15.6 Å². The van der Waals surface area contributed by atoms with Crippen molar-refractivity contribution in [2.75, 3.05) is 24.0 Å².